The predicted octanol–water partition coefficient (Wildman–Crippen LogP) is 6.41. The summed E-state index contributed by atoms with van der Waals surface area (Å²) >= 11 is 0. The number of anilines is 1. The lowest BCUT2D eigenvalue weighted by atomic mass is 10.0. The molecule has 3 aromatic carbocycles. The van der Waals surface area contributed by atoms with Gasteiger partial charge in [-0.05, 0) is 80.6 Å². The SMILES string of the molecule is CC(C)(C)OC(=O)N1CCC[C@H]1c1ncc(-c2cccc(-c3ccc(C(=O)Nc4ccc(CN5CCS(=O)(=O)CC5)cc4)cc3)c2)[nH]1.S. The Labute approximate surface area is 289 Å². The quantitative estimate of drug-likeness (QED) is 0.230. The van der Waals surface area contributed by atoms with E-state index in [0.717, 1.165) is 46.6 Å². The summed E-state index contributed by atoms with van der Waals surface area (Å²) in [6, 6.07) is 23.1. The second kappa shape index (κ2) is 14.6. The summed E-state index contributed by atoms with van der Waals surface area (Å²) in [4.78, 5) is 37.7. The molecule has 2 amide bonds. The van der Waals surface area contributed by atoms with E-state index in [1.165, 1.54) is 0 Å². The normalized spacial score (nSPS) is 17.8. The summed E-state index contributed by atoms with van der Waals surface area (Å²) in [5, 5.41) is 2.96. The van der Waals surface area contributed by atoms with Crippen LogP contribution in [0.15, 0.2) is 79.0 Å². The molecule has 0 unspecified atom stereocenters. The molecule has 2 aliphatic rings. The van der Waals surface area contributed by atoms with E-state index < -0.39 is 15.4 Å². The fourth-order valence-corrected chi connectivity index (χ4v) is 7.26. The van der Waals surface area contributed by atoms with E-state index in [0.29, 0.717) is 37.4 Å². The number of aromatic amines is 1. The molecule has 2 aliphatic heterocycles. The molecule has 48 heavy (non-hydrogen) atoms. The van der Waals surface area contributed by atoms with E-state index in [2.05, 4.69) is 26.3 Å². The third kappa shape index (κ3) is 8.66. The van der Waals surface area contributed by atoms with Crippen molar-refractivity contribution in [1.82, 2.24) is 19.8 Å². The number of benzene rings is 3. The lowest BCUT2D eigenvalue weighted by molar-refractivity contribution is 0.0218. The topological polar surface area (TPSA) is 125 Å². The van der Waals surface area contributed by atoms with Crippen LogP contribution in [-0.4, -0.2) is 76.9 Å². The largest absolute Gasteiger partial charge is 0.444 e. The maximum Gasteiger partial charge on any atom is 0.410 e. The first-order valence-corrected chi connectivity index (χ1v) is 17.8. The van der Waals surface area contributed by atoms with E-state index in [4.69, 9.17) is 4.74 Å². The summed E-state index contributed by atoms with van der Waals surface area (Å²) in [6.07, 6.45) is 3.21. The molecule has 0 saturated carbocycles. The number of nitrogens with zero attached hydrogens (tertiary/aromatic N) is 3. The Hall–Kier alpha value is -4.13. The Morgan fingerprint density at radius 2 is 1.62 bits per heavy atom. The number of hydrogen-bond donors (Lipinski definition) is 2. The van der Waals surface area contributed by atoms with Gasteiger partial charge in [0.15, 0.2) is 9.84 Å². The van der Waals surface area contributed by atoms with Gasteiger partial charge in [-0.2, -0.15) is 13.5 Å². The van der Waals surface area contributed by atoms with Gasteiger partial charge in [-0.15, -0.1) is 0 Å². The van der Waals surface area contributed by atoms with Crippen molar-refractivity contribution in [2.24, 2.45) is 0 Å². The highest BCUT2D eigenvalue weighted by molar-refractivity contribution is 7.91. The van der Waals surface area contributed by atoms with Gasteiger partial charge in [-0.25, -0.2) is 18.2 Å². The Morgan fingerprint density at radius 1 is 0.938 bits per heavy atom. The van der Waals surface area contributed by atoms with E-state index in [-0.39, 0.29) is 43.0 Å². The number of nitrogens with one attached hydrogen (secondary N) is 2. The van der Waals surface area contributed by atoms with Crippen molar-refractivity contribution in [1.29, 1.82) is 0 Å². The maximum atomic E-state index is 13.0. The van der Waals surface area contributed by atoms with Gasteiger partial charge in [0.25, 0.3) is 5.91 Å². The van der Waals surface area contributed by atoms with Gasteiger partial charge in [0.1, 0.15) is 11.4 Å². The van der Waals surface area contributed by atoms with Gasteiger partial charge in [0, 0.05) is 43.0 Å². The molecular formula is C36H43N5O5S2. The van der Waals surface area contributed by atoms with Crippen molar-refractivity contribution < 1.29 is 22.7 Å². The number of H-pyrrole nitrogens is 1. The third-order valence-corrected chi connectivity index (χ3v) is 10.1. The molecular weight excluding hydrogens is 647 g/mol. The number of amides is 2. The predicted molar refractivity (Wildman–Crippen MR) is 193 cm³/mol. The van der Waals surface area contributed by atoms with Gasteiger partial charge in [-0.3, -0.25) is 14.6 Å². The van der Waals surface area contributed by atoms with Crippen molar-refractivity contribution >= 4 is 41.0 Å². The summed E-state index contributed by atoms with van der Waals surface area (Å²) in [6.45, 7) is 8.02. The molecule has 10 nitrogen and oxygen atoms in total. The molecule has 2 N–H and O–H groups in total. The zero-order valence-electron chi connectivity index (χ0n) is 27.5. The molecule has 1 atom stereocenters. The average molecular weight is 690 g/mol. The molecule has 2 saturated heterocycles. The molecule has 254 valence electrons. The number of aromatic nitrogens is 2. The Morgan fingerprint density at radius 3 is 2.31 bits per heavy atom. The lowest BCUT2D eigenvalue weighted by Gasteiger charge is -2.27. The Bertz CT molecular complexity index is 1840. The van der Waals surface area contributed by atoms with Crippen molar-refractivity contribution in [3.8, 4) is 22.4 Å². The van der Waals surface area contributed by atoms with Crippen LogP contribution < -0.4 is 5.32 Å². The summed E-state index contributed by atoms with van der Waals surface area (Å²) in [5.74, 6) is 0.957. The highest BCUT2D eigenvalue weighted by Crippen LogP contribution is 2.33. The number of likely N-dealkylation sites (tertiary alicyclic amines) is 1. The Kier molecular flexibility index (Phi) is 10.7. The molecule has 2 fully saturated rings. The molecule has 0 bridgehead atoms. The standard InChI is InChI=1S/C36H41N5O5S.H2S/c1-36(2,3)46-35(43)41-17-5-8-32(41)33-37-23-31(39-33)29-7-4-6-28(22-29)26-11-13-27(14-12-26)34(42)38-30-15-9-25(10-16-30)24-40-18-20-47(44,45)21-19-40;/h4,6-7,9-16,22-23,32H,5,8,17-21,24H2,1-3H3,(H,37,39)(H,38,42);1H2/t32-;/m0./s1. The van der Waals surface area contributed by atoms with Crippen molar-refractivity contribution in [2.75, 3.05) is 36.5 Å². The number of hydrogen-bond acceptors (Lipinski definition) is 7. The van der Waals surface area contributed by atoms with Crippen LogP contribution in [0, 0.1) is 0 Å². The van der Waals surface area contributed by atoms with E-state index in [1.54, 1.807) is 11.1 Å². The van der Waals surface area contributed by atoms with Crippen LogP contribution in [0.5, 0.6) is 0 Å². The fourth-order valence-electron chi connectivity index (χ4n) is 5.99. The molecule has 12 heteroatoms. The maximum absolute atomic E-state index is 13.0. The van der Waals surface area contributed by atoms with Crippen molar-refractivity contribution in [3.05, 3.63) is 95.9 Å². The number of sulfone groups is 1. The van der Waals surface area contributed by atoms with E-state index in [1.807, 2.05) is 87.5 Å². The molecule has 1 aromatic heterocycles. The van der Waals surface area contributed by atoms with Crippen LogP contribution in [-0.2, 0) is 21.1 Å². The smallest absolute Gasteiger partial charge is 0.410 e. The zero-order valence-corrected chi connectivity index (χ0v) is 29.3. The zero-order chi connectivity index (χ0) is 33.2. The number of carbonyl (C=O) groups excluding carboxylic acids is 2. The second-order valence-electron chi connectivity index (χ2n) is 13.3. The first kappa shape index (κ1) is 35.2. The first-order valence-electron chi connectivity index (χ1n) is 16.0. The van der Waals surface area contributed by atoms with Gasteiger partial charge in [0.05, 0.1) is 29.4 Å². The van der Waals surface area contributed by atoms with Crippen LogP contribution in [0.3, 0.4) is 0 Å². The molecule has 0 radical (unpaired) electrons. The van der Waals surface area contributed by atoms with Crippen LogP contribution in [0.2, 0.25) is 0 Å². The summed E-state index contributed by atoms with van der Waals surface area (Å²) in [7, 11) is -2.90. The highest BCUT2D eigenvalue weighted by atomic mass is 32.2. The van der Waals surface area contributed by atoms with Crippen LogP contribution in [0.4, 0.5) is 10.5 Å². The average Bonchev–Trinajstić information content (AvgIpc) is 3.73. The number of carbonyl (C=O) groups is 2. The monoisotopic (exact) mass is 689 g/mol. The number of rotatable bonds is 7. The van der Waals surface area contributed by atoms with E-state index in [9.17, 15) is 18.0 Å². The highest BCUT2D eigenvalue weighted by Gasteiger charge is 2.35. The first-order chi connectivity index (χ1) is 22.4. The Balaban J connectivity index is 0.00000451. The summed E-state index contributed by atoms with van der Waals surface area (Å²) in [5.41, 5.74) is 5.58. The number of imidazole rings is 1. The van der Waals surface area contributed by atoms with Gasteiger partial charge in [0.2, 0.25) is 0 Å². The second-order valence-corrected chi connectivity index (χ2v) is 15.6. The van der Waals surface area contributed by atoms with Gasteiger partial charge < -0.3 is 15.0 Å². The minimum Gasteiger partial charge on any atom is -0.444 e. The molecule has 3 heterocycles. The number of ether oxygens (including phenoxy) is 1. The fraction of sp³-hybridized carbons (Fsp3) is 0.361. The summed E-state index contributed by atoms with van der Waals surface area (Å²) < 4.78 is 29.0. The minimum absolute atomic E-state index is 0. The van der Waals surface area contributed by atoms with E-state index >= 15 is 0 Å². The minimum atomic E-state index is -2.90. The van der Waals surface area contributed by atoms with Gasteiger partial charge in [-0.1, -0.05) is 42.5 Å². The van der Waals surface area contributed by atoms with Crippen molar-refractivity contribution in [2.45, 2.75) is 51.8 Å². The molecule has 0 spiro atoms. The molecule has 6 rings (SSSR count). The molecule has 4 aromatic rings. The van der Waals surface area contributed by atoms with Crippen LogP contribution in [0.25, 0.3) is 22.4 Å². The van der Waals surface area contributed by atoms with Crippen molar-refractivity contribution in [3.63, 3.8) is 0 Å². The van der Waals surface area contributed by atoms with Crippen LogP contribution >= 0.6 is 13.5 Å². The third-order valence-electron chi connectivity index (χ3n) is 8.50. The van der Waals surface area contributed by atoms with Gasteiger partial charge >= 0.3 is 6.09 Å². The molecule has 0 aliphatic carbocycles. The van der Waals surface area contributed by atoms with Crippen LogP contribution in [0.1, 0.15) is 61.4 Å². The lowest BCUT2D eigenvalue weighted by Crippen LogP contribution is -2.39.